The van der Waals surface area contributed by atoms with Gasteiger partial charge in [-0.1, -0.05) is 18.2 Å². The topological polar surface area (TPSA) is 65.6 Å². The number of nitrogens with zero attached hydrogens (tertiary/aromatic N) is 1. The number of methoxy groups -OCH3 is 1. The van der Waals surface area contributed by atoms with Crippen LogP contribution < -0.4 is 0 Å². The number of hydrogen-bond acceptors (Lipinski definition) is 4. The maximum absolute atomic E-state index is 15.5. The minimum Gasteiger partial charge on any atom is -0.466 e. The third-order valence-corrected chi connectivity index (χ3v) is 6.35. The predicted molar refractivity (Wildman–Crippen MR) is 124 cm³/mol. The summed E-state index contributed by atoms with van der Waals surface area (Å²) in [5.74, 6) is -2.28. The van der Waals surface area contributed by atoms with Crippen molar-refractivity contribution in [2.45, 2.75) is 38.0 Å². The number of fused-ring (bicyclic) bond motifs is 3. The highest BCUT2D eigenvalue weighted by Crippen LogP contribution is 2.43. The van der Waals surface area contributed by atoms with Gasteiger partial charge in [-0.3, -0.25) is 4.90 Å². The summed E-state index contributed by atoms with van der Waals surface area (Å²) < 4.78 is 50.5. The normalized spacial score (nSPS) is 20.4. The number of halogens is 3. The van der Waals surface area contributed by atoms with Crippen molar-refractivity contribution in [3.05, 3.63) is 76.5 Å². The molecule has 2 N–H and O–H groups in total. The Morgan fingerprint density at radius 1 is 1.29 bits per heavy atom. The Morgan fingerprint density at radius 2 is 1.97 bits per heavy atom. The van der Waals surface area contributed by atoms with Gasteiger partial charge in [0.2, 0.25) is 0 Å². The quantitative estimate of drug-likeness (QED) is 0.404. The second-order valence-corrected chi connectivity index (χ2v) is 9.02. The van der Waals surface area contributed by atoms with Gasteiger partial charge in [0, 0.05) is 40.8 Å². The van der Waals surface area contributed by atoms with Gasteiger partial charge in [-0.05, 0) is 55.7 Å². The highest BCUT2D eigenvalue weighted by Gasteiger charge is 2.41. The van der Waals surface area contributed by atoms with Crippen molar-refractivity contribution < 1.29 is 27.8 Å². The van der Waals surface area contributed by atoms with Gasteiger partial charge >= 0.3 is 5.97 Å². The highest BCUT2D eigenvalue weighted by atomic mass is 19.1. The summed E-state index contributed by atoms with van der Waals surface area (Å²) in [5.41, 5.74) is 0.332. The van der Waals surface area contributed by atoms with Crippen LogP contribution in [-0.4, -0.2) is 52.9 Å². The summed E-state index contributed by atoms with van der Waals surface area (Å²) in [6.45, 7) is 2.22. The van der Waals surface area contributed by atoms with Crippen LogP contribution >= 0.6 is 0 Å². The first kappa shape index (κ1) is 24.0. The smallest absolute Gasteiger partial charge is 0.330 e. The number of carbonyl (C=O) groups is 1. The molecule has 0 saturated carbocycles. The van der Waals surface area contributed by atoms with E-state index in [2.05, 4.69) is 9.72 Å². The number of esters is 1. The highest BCUT2D eigenvalue weighted by molar-refractivity contribution is 5.87. The van der Waals surface area contributed by atoms with Crippen LogP contribution in [0.5, 0.6) is 0 Å². The van der Waals surface area contributed by atoms with E-state index in [-0.39, 0.29) is 23.7 Å². The number of aromatic amines is 1. The van der Waals surface area contributed by atoms with Crippen molar-refractivity contribution in [2.75, 3.05) is 20.3 Å². The van der Waals surface area contributed by atoms with Crippen LogP contribution in [0.3, 0.4) is 0 Å². The monoisotopic (exact) mass is 472 g/mol. The molecule has 3 atom stereocenters. The second-order valence-electron chi connectivity index (χ2n) is 9.02. The predicted octanol–water partition coefficient (Wildman–Crippen LogP) is 4.69. The molecule has 0 amide bonds. The maximum Gasteiger partial charge on any atom is 0.330 e. The first-order valence-corrected chi connectivity index (χ1v) is 11.0. The molecule has 1 aromatic heterocycles. The van der Waals surface area contributed by atoms with E-state index in [1.165, 1.54) is 20.1 Å². The SMILES string of the molecule is COC(=O)/C=C/c1cc(F)c([C@@H]2c3[nH]c4ccccc4c3C[C@@H](C)N2CC(C)(F)CO)c(F)c1. The number of aromatic nitrogens is 1. The lowest BCUT2D eigenvalue weighted by atomic mass is 9.86. The van der Waals surface area contributed by atoms with Crippen LogP contribution in [0.4, 0.5) is 13.2 Å². The van der Waals surface area contributed by atoms with E-state index in [1.807, 2.05) is 31.2 Å². The van der Waals surface area contributed by atoms with Crippen LogP contribution in [0, 0.1) is 11.6 Å². The molecule has 2 aromatic carbocycles. The zero-order chi connectivity index (χ0) is 24.6. The summed E-state index contributed by atoms with van der Waals surface area (Å²) in [7, 11) is 1.21. The van der Waals surface area contributed by atoms with E-state index in [0.717, 1.165) is 34.7 Å². The zero-order valence-corrected chi connectivity index (χ0v) is 19.2. The summed E-state index contributed by atoms with van der Waals surface area (Å²) in [6.07, 6.45) is 2.90. The molecular weight excluding hydrogens is 445 g/mol. The van der Waals surface area contributed by atoms with E-state index in [4.69, 9.17) is 0 Å². The Kier molecular flexibility index (Phi) is 6.55. The first-order valence-electron chi connectivity index (χ1n) is 11.0. The van der Waals surface area contributed by atoms with Crippen molar-refractivity contribution >= 4 is 22.9 Å². The largest absolute Gasteiger partial charge is 0.466 e. The third-order valence-electron chi connectivity index (χ3n) is 6.35. The number of rotatable bonds is 6. The van der Waals surface area contributed by atoms with E-state index in [1.54, 1.807) is 4.90 Å². The number of aliphatic hydroxyl groups excluding tert-OH is 1. The molecule has 34 heavy (non-hydrogen) atoms. The van der Waals surface area contributed by atoms with Crippen LogP contribution in [0.15, 0.2) is 42.5 Å². The lowest BCUT2D eigenvalue weighted by Crippen LogP contribution is -2.50. The average molecular weight is 473 g/mol. The van der Waals surface area contributed by atoms with Crippen molar-refractivity contribution in [3.63, 3.8) is 0 Å². The molecule has 0 saturated heterocycles. The standard InChI is InChI=1S/C26H27F3N2O3/c1-15-10-18-17-6-4-5-7-21(17)30-24(18)25(31(15)13-26(2,29)14-32)23-19(27)11-16(12-20(23)28)8-9-22(33)34-3/h4-9,11-12,15,25,30,32H,10,13-14H2,1-3H3/b9-8+/t15-,25-,26?/m1/s1. The number of nitrogens with one attached hydrogen (secondary N) is 1. The second kappa shape index (κ2) is 9.27. The molecular formula is C26H27F3N2O3. The fourth-order valence-electron chi connectivity index (χ4n) is 4.69. The molecule has 3 aromatic rings. The molecule has 1 unspecified atom stereocenters. The number of hydrogen-bond donors (Lipinski definition) is 2. The number of alkyl halides is 1. The Morgan fingerprint density at radius 3 is 2.62 bits per heavy atom. The van der Waals surface area contributed by atoms with Gasteiger partial charge in [0.15, 0.2) is 0 Å². The van der Waals surface area contributed by atoms with Gasteiger partial charge < -0.3 is 14.8 Å². The molecule has 5 nitrogen and oxygen atoms in total. The molecule has 0 spiro atoms. The fourth-order valence-corrected chi connectivity index (χ4v) is 4.69. The van der Waals surface area contributed by atoms with E-state index in [9.17, 15) is 14.3 Å². The van der Waals surface area contributed by atoms with Gasteiger partial charge in [0.05, 0.1) is 19.8 Å². The molecule has 8 heteroatoms. The van der Waals surface area contributed by atoms with Crippen molar-refractivity contribution in [1.82, 2.24) is 9.88 Å². The lowest BCUT2D eigenvalue weighted by molar-refractivity contribution is -0.134. The van der Waals surface area contributed by atoms with Crippen molar-refractivity contribution in [3.8, 4) is 0 Å². The third kappa shape index (κ3) is 4.48. The van der Waals surface area contributed by atoms with Gasteiger partial charge in [0.25, 0.3) is 0 Å². The number of aliphatic hydroxyl groups is 1. The van der Waals surface area contributed by atoms with Crippen LogP contribution in [-0.2, 0) is 16.0 Å². The first-order chi connectivity index (χ1) is 16.1. The number of ether oxygens (including phenoxy) is 1. The van der Waals surface area contributed by atoms with Crippen LogP contribution in [0.2, 0.25) is 0 Å². The van der Waals surface area contributed by atoms with E-state index >= 15 is 8.78 Å². The minimum atomic E-state index is -1.97. The summed E-state index contributed by atoms with van der Waals surface area (Å²) >= 11 is 0. The number of benzene rings is 2. The van der Waals surface area contributed by atoms with Crippen molar-refractivity contribution in [2.24, 2.45) is 0 Å². The van der Waals surface area contributed by atoms with E-state index in [0.29, 0.717) is 12.1 Å². The number of carbonyl (C=O) groups excluding carboxylic acids is 1. The summed E-state index contributed by atoms with van der Waals surface area (Å²) in [6, 6.07) is 8.69. The summed E-state index contributed by atoms with van der Waals surface area (Å²) in [4.78, 5) is 16.4. The van der Waals surface area contributed by atoms with Crippen molar-refractivity contribution in [1.29, 1.82) is 0 Å². The Hall–Kier alpha value is -3.10. The number of para-hydroxylation sites is 1. The molecule has 0 radical (unpaired) electrons. The zero-order valence-electron chi connectivity index (χ0n) is 19.2. The van der Waals surface area contributed by atoms with Crippen LogP contribution in [0.25, 0.3) is 17.0 Å². The van der Waals surface area contributed by atoms with E-state index < -0.39 is 35.9 Å². The molecule has 4 rings (SSSR count). The molecule has 1 aliphatic heterocycles. The summed E-state index contributed by atoms with van der Waals surface area (Å²) in [5, 5.41) is 10.5. The van der Waals surface area contributed by atoms with Gasteiger partial charge in [0.1, 0.15) is 17.3 Å². The molecule has 1 aliphatic rings. The Balaban J connectivity index is 1.88. The fraction of sp³-hybridized carbons (Fsp3) is 0.346. The molecule has 0 aliphatic carbocycles. The number of H-pyrrole nitrogens is 1. The molecule has 0 bridgehead atoms. The minimum absolute atomic E-state index is 0.155. The molecule has 0 fully saturated rings. The van der Waals surface area contributed by atoms with Crippen LogP contribution in [0.1, 0.15) is 42.3 Å². The maximum atomic E-state index is 15.5. The molecule has 180 valence electrons. The molecule has 2 heterocycles. The lowest BCUT2D eigenvalue weighted by Gasteiger charge is -2.43. The Labute approximate surface area is 195 Å². The van der Waals surface area contributed by atoms with Gasteiger partial charge in [-0.25, -0.2) is 18.0 Å². The Bertz CT molecular complexity index is 1230. The average Bonchev–Trinajstić information content (AvgIpc) is 3.16. The van der Waals surface area contributed by atoms with Gasteiger partial charge in [-0.15, -0.1) is 0 Å². The van der Waals surface area contributed by atoms with Gasteiger partial charge in [-0.2, -0.15) is 0 Å².